The van der Waals surface area contributed by atoms with E-state index >= 15 is 0 Å². The number of hydrogen-bond acceptors (Lipinski definition) is 5. The zero-order chi connectivity index (χ0) is 16.0. The highest BCUT2D eigenvalue weighted by molar-refractivity contribution is 7.19. The van der Waals surface area contributed by atoms with Crippen LogP contribution in [0.3, 0.4) is 0 Å². The Morgan fingerprint density at radius 3 is 2.74 bits per heavy atom. The SMILES string of the molecule is CCn1nc(-c2nn3c(-c4ccccc4Cl)nnc3s2)cc1C. The Morgan fingerprint density at radius 2 is 2.00 bits per heavy atom. The number of rotatable bonds is 3. The molecule has 0 saturated heterocycles. The van der Waals surface area contributed by atoms with Crippen LogP contribution in [0, 0.1) is 6.92 Å². The molecule has 0 fully saturated rings. The summed E-state index contributed by atoms with van der Waals surface area (Å²) in [5.41, 5.74) is 2.78. The van der Waals surface area contributed by atoms with Crippen molar-refractivity contribution in [2.75, 3.05) is 0 Å². The van der Waals surface area contributed by atoms with E-state index in [4.69, 9.17) is 11.6 Å². The molecule has 23 heavy (non-hydrogen) atoms. The molecule has 4 aromatic rings. The number of nitrogens with zero attached hydrogens (tertiary/aromatic N) is 6. The minimum atomic E-state index is 0.627. The van der Waals surface area contributed by atoms with Crippen LogP contribution in [0.4, 0.5) is 0 Å². The predicted molar refractivity (Wildman–Crippen MR) is 90.7 cm³/mol. The summed E-state index contributed by atoms with van der Waals surface area (Å²) < 4.78 is 3.67. The highest BCUT2D eigenvalue weighted by Crippen LogP contribution is 2.30. The number of aromatic nitrogens is 6. The van der Waals surface area contributed by atoms with Crippen LogP contribution in [0.25, 0.3) is 27.1 Å². The number of benzene rings is 1. The molecule has 0 aliphatic carbocycles. The second-order valence-corrected chi connectivity index (χ2v) is 6.45. The van der Waals surface area contributed by atoms with Gasteiger partial charge in [-0.3, -0.25) is 4.68 Å². The van der Waals surface area contributed by atoms with Crippen LogP contribution in [-0.2, 0) is 6.54 Å². The number of fused-ring (bicyclic) bond motifs is 1. The van der Waals surface area contributed by atoms with Crippen LogP contribution in [0.2, 0.25) is 5.02 Å². The molecule has 0 bridgehead atoms. The van der Waals surface area contributed by atoms with Gasteiger partial charge >= 0.3 is 0 Å². The monoisotopic (exact) mass is 344 g/mol. The van der Waals surface area contributed by atoms with Gasteiger partial charge in [0.15, 0.2) is 10.8 Å². The van der Waals surface area contributed by atoms with Crippen molar-refractivity contribution in [2.45, 2.75) is 20.4 Å². The standard InChI is InChI=1S/C15H13ClN6S/c1-3-21-9(2)8-12(19-21)14-20-22-13(17-18-15(22)23-14)10-6-4-5-7-11(10)16/h4-8H,3H2,1-2H3. The normalized spacial score (nSPS) is 11.4. The molecule has 8 heteroatoms. The molecule has 116 valence electrons. The first-order valence-corrected chi connectivity index (χ1v) is 8.38. The molecule has 6 nitrogen and oxygen atoms in total. The maximum atomic E-state index is 6.26. The third-order valence-corrected chi connectivity index (χ3v) is 4.86. The lowest BCUT2D eigenvalue weighted by Crippen LogP contribution is -1.98. The molecule has 0 N–H and O–H groups in total. The fraction of sp³-hybridized carbons (Fsp3) is 0.200. The van der Waals surface area contributed by atoms with Crippen LogP contribution in [0.1, 0.15) is 12.6 Å². The van der Waals surface area contributed by atoms with Crippen LogP contribution in [0.5, 0.6) is 0 Å². The predicted octanol–water partition coefficient (Wildman–Crippen LogP) is 3.70. The molecular formula is C15H13ClN6S. The minimum Gasteiger partial charge on any atom is -0.269 e. The Morgan fingerprint density at radius 1 is 1.17 bits per heavy atom. The van der Waals surface area contributed by atoms with Crippen molar-refractivity contribution in [1.29, 1.82) is 0 Å². The van der Waals surface area contributed by atoms with E-state index in [0.29, 0.717) is 10.8 Å². The van der Waals surface area contributed by atoms with E-state index in [-0.39, 0.29) is 0 Å². The molecule has 0 saturated carbocycles. The van der Waals surface area contributed by atoms with Crippen molar-refractivity contribution >= 4 is 27.9 Å². The second kappa shape index (κ2) is 5.43. The van der Waals surface area contributed by atoms with Gasteiger partial charge in [0.25, 0.3) is 0 Å². The van der Waals surface area contributed by atoms with E-state index in [0.717, 1.165) is 33.5 Å². The molecule has 4 rings (SSSR count). The first kappa shape index (κ1) is 14.3. The van der Waals surface area contributed by atoms with Gasteiger partial charge in [0.2, 0.25) is 4.96 Å². The van der Waals surface area contributed by atoms with Crippen molar-refractivity contribution in [2.24, 2.45) is 0 Å². The lowest BCUT2D eigenvalue weighted by molar-refractivity contribution is 0.641. The molecule has 0 atom stereocenters. The van der Waals surface area contributed by atoms with E-state index in [1.54, 1.807) is 4.52 Å². The van der Waals surface area contributed by atoms with Crippen molar-refractivity contribution in [3.63, 3.8) is 0 Å². The summed E-state index contributed by atoms with van der Waals surface area (Å²) in [4.78, 5) is 0.721. The Hall–Kier alpha value is -2.25. The second-order valence-electron chi connectivity index (χ2n) is 5.09. The van der Waals surface area contributed by atoms with Crippen molar-refractivity contribution in [3.8, 4) is 22.1 Å². The summed E-state index contributed by atoms with van der Waals surface area (Å²) in [7, 11) is 0. The average Bonchev–Trinajstić information content (AvgIpc) is 3.21. The Bertz CT molecular complexity index is 999. The first-order valence-electron chi connectivity index (χ1n) is 7.19. The maximum Gasteiger partial charge on any atom is 0.235 e. The maximum absolute atomic E-state index is 6.26. The zero-order valence-electron chi connectivity index (χ0n) is 12.6. The molecule has 1 aromatic carbocycles. The molecule has 0 aliphatic heterocycles. The van der Waals surface area contributed by atoms with Crippen molar-refractivity contribution in [3.05, 3.63) is 41.0 Å². The summed E-state index contributed by atoms with van der Waals surface area (Å²) in [6.45, 7) is 4.94. The van der Waals surface area contributed by atoms with E-state index < -0.39 is 0 Å². The topological polar surface area (TPSA) is 60.9 Å². The highest BCUT2D eigenvalue weighted by Gasteiger charge is 2.17. The molecule has 0 amide bonds. The van der Waals surface area contributed by atoms with Gasteiger partial charge in [0.1, 0.15) is 5.69 Å². The summed E-state index contributed by atoms with van der Waals surface area (Å²) in [6, 6.07) is 9.58. The van der Waals surface area contributed by atoms with Gasteiger partial charge in [-0.05, 0) is 32.0 Å². The quantitative estimate of drug-likeness (QED) is 0.568. The van der Waals surface area contributed by atoms with Crippen LogP contribution in [0.15, 0.2) is 30.3 Å². The number of aryl methyl sites for hydroxylation is 2. The van der Waals surface area contributed by atoms with E-state index in [2.05, 4.69) is 27.3 Å². The molecule has 3 heterocycles. The molecule has 0 aliphatic rings. The lowest BCUT2D eigenvalue weighted by Gasteiger charge is -1.99. The van der Waals surface area contributed by atoms with Gasteiger partial charge in [0.05, 0.1) is 5.02 Å². The fourth-order valence-electron chi connectivity index (χ4n) is 2.47. The third kappa shape index (κ3) is 2.32. The zero-order valence-corrected chi connectivity index (χ0v) is 14.1. The summed E-state index contributed by atoms with van der Waals surface area (Å²) in [5, 5.41) is 19.1. The lowest BCUT2D eigenvalue weighted by atomic mass is 10.2. The molecule has 0 radical (unpaired) electrons. The van der Waals surface area contributed by atoms with Crippen molar-refractivity contribution in [1.82, 2.24) is 29.6 Å². The highest BCUT2D eigenvalue weighted by atomic mass is 35.5. The Balaban J connectivity index is 1.85. The van der Waals surface area contributed by atoms with Gasteiger partial charge in [-0.15, -0.1) is 10.2 Å². The number of halogens is 1. The summed E-state index contributed by atoms with van der Waals surface area (Å²) in [6.07, 6.45) is 0. The van der Waals surface area contributed by atoms with Gasteiger partial charge in [-0.2, -0.15) is 14.7 Å². The summed E-state index contributed by atoms with van der Waals surface area (Å²) >= 11 is 7.73. The number of hydrogen-bond donors (Lipinski definition) is 0. The molecule has 3 aromatic heterocycles. The average molecular weight is 345 g/mol. The Kier molecular flexibility index (Phi) is 3.39. The molecule has 0 spiro atoms. The van der Waals surface area contributed by atoms with Crippen LogP contribution >= 0.6 is 22.9 Å². The first-order chi connectivity index (χ1) is 11.2. The molecular weight excluding hydrogens is 332 g/mol. The smallest absolute Gasteiger partial charge is 0.235 e. The van der Waals surface area contributed by atoms with Crippen LogP contribution in [-0.4, -0.2) is 29.6 Å². The molecule has 0 unspecified atom stereocenters. The Labute approximate surface area is 141 Å². The van der Waals surface area contributed by atoms with Gasteiger partial charge in [-0.25, -0.2) is 0 Å². The fourth-order valence-corrected chi connectivity index (χ4v) is 3.48. The van der Waals surface area contributed by atoms with Gasteiger partial charge in [0, 0.05) is 17.8 Å². The third-order valence-electron chi connectivity index (χ3n) is 3.61. The largest absolute Gasteiger partial charge is 0.269 e. The minimum absolute atomic E-state index is 0.627. The van der Waals surface area contributed by atoms with E-state index in [1.807, 2.05) is 41.9 Å². The van der Waals surface area contributed by atoms with Gasteiger partial charge in [-0.1, -0.05) is 35.1 Å². The van der Waals surface area contributed by atoms with E-state index in [9.17, 15) is 0 Å². The van der Waals surface area contributed by atoms with Crippen LogP contribution < -0.4 is 0 Å². The summed E-state index contributed by atoms with van der Waals surface area (Å²) in [5.74, 6) is 0.639. The van der Waals surface area contributed by atoms with Crippen molar-refractivity contribution < 1.29 is 0 Å². The van der Waals surface area contributed by atoms with E-state index in [1.165, 1.54) is 11.3 Å². The van der Waals surface area contributed by atoms with Gasteiger partial charge < -0.3 is 0 Å².